The monoisotopic (exact) mass is 359 g/mol. The summed E-state index contributed by atoms with van der Waals surface area (Å²) in [7, 11) is 0. The van der Waals surface area contributed by atoms with Crippen molar-refractivity contribution in [2.24, 2.45) is 5.92 Å². The molecular weight excluding hydrogens is 350 g/mol. The summed E-state index contributed by atoms with van der Waals surface area (Å²) in [6.45, 7) is 0.774. The molecule has 1 saturated carbocycles. The third-order valence-electron chi connectivity index (χ3n) is 2.74. The van der Waals surface area contributed by atoms with Gasteiger partial charge in [-0.1, -0.05) is 22.9 Å². The molecule has 0 bridgehead atoms. The molecule has 0 atom stereocenters. The molecule has 1 heterocycles. The van der Waals surface area contributed by atoms with Crippen LogP contribution in [-0.2, 0) is 0 Å². The van der Waals surface area contributed by atoms with Crippen molar-refractivity contribution in [1.29, 1.82) is 0 Å². The molecule has 0 N–H and O–H groups in total. The van der Waals surface area contributed by atoms with Gasteiger partial charge in [-0.2, -0.15) is 0 Å². The van der Waals surface area contributed by atoms with Crippen molar-refractivity contribution in [3.05, 3.63) is 33.2 Å². The molecule has 2 aromatic rings. The quantitative estimate of drug-likeness (QED) is 0.740. The molecule has 1 aromatic heterocycles. The van der Waals surface area contributed by atoms with Gasteiger partial charge in [-0.25, -0.2) is 4.98 Å². The Morgan fingerprint density at radius 1 is 1.42 bits per heavy atom. The van der Waals surface area contributed by atoms with Gasteiger partial charge in [-0.15, -0.1) is 0 Å². The van der Waals surface area contributed by atoms with E-state index in [1.54, 1.807) is 18.3 Å². The fraction of sp³-hybridized carbons (Fsp3) is 0.308. The number of rotatable bonds is 5. The summed E-state index contributed by atoms with van der Waals surface area (Å²) in [5.41, 5.74) is 0. The highest BCUT2D eigenvalue weighted by Gasteiger charge is 2.22. The molecule has 0 aliphatic heterocycles. The van der Waals surface area contributed by atoms with E-state index >= 15 is 0 Å². The number of aromatic nitrogens is 1. The lowest BCUT2D eigenvalue weighted by atomic mass is 10.3. The van der Waals surface area contributed by atoms with E-state index in [4.69, 9.17) is 21.1 Å². The van der Waals surface area contributed by atoms with Gasteiger partial charge in [0.05, 0.1) is 21.6 Å². The van der Waals surface area contributed by atoms with Crippen molar-refractivity contribution in [1.82, 2.24) is 4.98 Å². The van der Waals surface area contributed by atoms with Crippen LogP contribution in [0.1, 0.15) is 12.8 Å². The van der Waals surface area contributed by atoms with Crippen molar-refractivity contribution in [3.63, 3.8) is 0 Å². The van der Waals surface area contributed by atoms with Gasteiger partial charge in [0.25, 0.3) is 5.19 Å². The highest BCUT2D eigenvalue weighted by Crippen LogP contribution is 2.36. The van der Waals surface area contributed by atoms with Crippen LogP contribution in [-0.4, -0.2) is 11.6 Å². The highest BCUT2D eigenvalue weighted by atomic mass is 79.9. The van der Waals surface area contributed by atoms with Crippen LogP contribution in [0.15, 0.2) is 28.2 Å². The van der Waals surface area contributed by atoms with E-state index in [0.717, 1.165) is 22.1 Å². The second-order valence-electron chi connectivity index (χ2n) is 4.38. The number of ether oxygens (including phenoxy) is 2. The Balaban J connectivity index is 1.67. The largest absolute Gasteiger partial charge is 0.493 e. The lowest BCUT2D eigenvalue weighted by Gasteiger charge is -2.08. The van der Waals surface area contributed by atoms with Crippen molar-refractivity contribution in [3.8, 4) is 16.7 Å². The normalized spacial score (nSPS) is 14.4. The highest BCUT2D eigenvalue weighted by molar-refractivity contribution is 9.11. The summed E-state index contributed by atoms with van der Waals surface area (Å²) in [5.74, 6) is 2.09. The predicted octanol–water partition coefficient (Wildman–Crippen LogP) is 5.14. The van der Waals surface area contributed by atoms with Crippen molar-refractivity contribution in [2.45, 2.75) is 12.8 Å². The standard InChI is InChI=1S/C13H11BrClNO2S/c14-12-6-16-13(19-12)18-11-4-3-9(5-10(11)15)17-7-8-1-2-8/h3-6,8H,1-2,7H2. The van der Waals surface area contributed by atoms with Gasteiger partial charge in [0.1, 0.15) is 11.5 Å². The average molecular weight is 361 g/mol. The summed E-state index contributed by atoms with van der Waals surface area (Å²) < 4.78 is 12.2. The van der Waals surface area contributed by atoms with Crippen LogP contribution >= 0.6 is 38.9 Å². The number of hydrogen-bond acceptors (Lipinski definition) is 4. The second kappa shape index (κ2) is 5.69. The van der Waals surface area contributed by atoms with E-state index < -0.39 is 0 Å². The Bertz CT molecular complexity index is 586. The molecule has 1 aliphatic carbocycles. The summed E-state index contributed by atoms with van der Waals surface area (Å²) in [5, 5.41) is 1.08. The van der Waals surface area contributed by atoms with Gasteiger partial charge in [-0.05, 0) is 46.8 Å². The van der Waals surface area contributed by atoms with E-state index in [1.165, 1.54) is 24.2 Å². The second-order valence-corrected chi connectivity index (χ2v) is 7.16. The molecule has 0 unspecified atom stereocenters. The zero-order valence-electron chi connectivity index (χ0n) is 9.94. The van der Waals surface area contributed by atoms with Crippen LogP contribution in [0.5, 0.6) is 16.7 Å². The summed E-state index contributed by atoms with van der Waals surface area (Å²) in [6, 6.07) is 5.45. The van der Waals surface area contributed by atoms with Crippen LogP contribution in [0.2, 0.25) is 5.02 Å². The smallest absolute Gasteiger partial charge is 0.279 e. The van der Waals surface area contributed by atoms with Gasteiger partial charge < -0.3 is 9.47 Å². The maximum atomic E-state index is 6.18. The first kappa shape index (κ1) is 13.2. The molecule has 0 radical (unpaired) electrons. The fourth-order valence-electron chi connectivity index (χ4n) is 1.53. The zero-order valence-corrected chi connectivity index (χ0v) is 13.1. The van der Waals surface area contributed by atoms with Crippen LogP contribution in [0.4, 0.5) is 0 Å². The van der Waals surface area contributed by atoms with Crippen LogP contribution in [0, 0.1) is 5.92 Å². The first-order valence-electron chi connectivity index (χ1n) is 5.92. The molecule has 0 amide bonds. The third-order valence-corrected chi connectivity index (χ3v) is 4.39. The first-order valence-corrected chi connectivity index (χ1v) is 7.91. The van der Waals surface area contributed by atoms with Gasteiger partial charge >= 0.3 is 0 Å². The molecule has 19 heavy (non-hydrogen) atoms. The van der Waals surface area contributed by atoms with Crippen LogP contribution < -0.4 is 9.47 Å². The lowest BCUT2D eigenvalue weighted by Crippen LogP contribution is -1.98. The van der Waals surface area contributed by atoms with Gasteiger partial charge in [0.15, 0.2) is 0 Å². The van der Waals surface area contributed by atoms with Crippen molar-refractivity contribution < 1.29 is 9.47 Å². The number of hydrogen-bond donors (Lipinski definition) is 0. The third kappa shape index (κ3) is 3.61. The SMILES string of the molecule is Clc1cc(OCC2CC2)ccc1Oc1ncc(Br)s1. The predicted molar refractivity (Wildman–Crippen MR) is 79.6 cm³/mol. The Morgan fingerprint density at radius 2 is 2.26 bits per heavy atom. The fourth-order valence-corrected chi connectivity index (χ4v) is 2.77. The van der Waals surface area contributed by atoms with Crippen LogP contribution in [0.25, 0.3) is 0 Å². The molecule has 0 spiro atoms. The van der Waals surface area contributed by atoms with Gasteiger partial charge in [-0.3, -0.25) is 0 Å². The minimum absolute atomic E-state index is 0.527. The van der Waals surface area contributed by atoms with E-state index in [2.05, 4.69) is 20.9 Å². The molecular formula is C13H11BrClNO2S. The molecule has 0 saturated heterocycles. The molecule has 6 heteroatoms. The number of halogens is 2. The molecule has 1 fully saturated rings. The molecule has 3 rings (SSSR count). The van der Waals surface area contributed by atoms with Crippen LogP contribution in [0.3, 0.4) is 0 Å². The zero-order chi connectivity index (χ0) is 13.2. The maximum Gasteiger partial charge on any atom is 0.279 e. The first-order chi connectivity index (χ1) is 9.20. The molecule has 1 aromatic carbocycles. The summed E-state index contributed by atoms with van der Waals surface area (Å²) in [4.78, 5) is 4.10. The minimum Gasteiger partial charge on any atom is -0.493 e. The summed E-state index contributed by atoms with van der Waals surface area (Å²) in [6.07, 6.45) is 4.24. The van der Waals surface area contributed by atoms with E-state index in [1.807, 2.05) is 6.07 Å². The number of benzene rings is 1. The lowest BCUT2D eigenvalue weighted by molar-refractivity contribution is 0.299. The van der Waals surface area contributed by atoms with Crippen molar-refractivity contribution >= 4 is 38.9 Å². The van der Waals surface area contributed by atoms with Gasteiger partial charge in [0.2, 0.25) is 0 Å². The number of thiazole rings is 1. The van der Waals surface area contributed by atoms with E-state index in [9.17, 15) is 0 Å². The van der Waals surface area contributed by atoms with E-state index in [-0.39, 0.29) is 0 Å². The topological polar surface area (TPSA) is 31.4 Å². The Kier molecular flexibility index (Phi) is 3.96. The molecule has 100 valence electrons. The molecule has 3 nitrogen and oxygen atoms in total. The van der Waals surface area contributed by atoms with Crippen molar-refractivity contribution in [2.75, 3.05) is 6.61 Å². The minimum atomic E-state index is 0.527. The Morgan fingerprint density at radius 3 is 2.89 bits per heavy atom. The van der Waals surface area contributed by atoms with Gasteiger partial charge in [0, 0.05) is 6.07 Å². The number of nitrogens with zero attached hydrogens (tertiary/aromatic N) is 1. The molecule has 1 aliphatic rings. The summed E-state index contributed by atoms with van der Waals surface area (Å²) >= 11 is 10.9. The average Bonchev–Trinajstić information content (AvgIpc) is 3.13. The Hall–Kier alpha value is -0.780. The van der Waals surface area contributed by atoms with E-state index in [0.29, 0.717) is 16.0 Å². The maximum absolute atomic E-state index is 6.18. The Labute approximate surface area is 128 Å².